The summed E-state index contributed by atoms with van der Waals surface area (Å²) in [7, 11) is 0. The van der Waals surface area contributed by atoms with Crippen molar-refractivity contribution in [2.75, 3.05) is 11.9 Å². The summed E-state index contributed by atoms with van der Waals surface area (Å²) in [6.07, 6.45) is 1.78. The molecule has 0 bridgehead atoms. The maximum Gasteiger partial charge on any atom is 0.282 e. The number of nitrogens with zero attached hydrogens (tertiary/aromatic N) is 1. The van der Waals surface area contributed by atoms with E-state index in [-0.39, 0.29) is 18.0 Å². The molecule has 0 spiro atoms. The molecule has 3 rings (SSSR count). The van der Waals surface area contributed by atoms with Gasteiger partial charge in [-0.25, -0.2) is 4.99 Å². The van der Waals surface area contributed by atoms with Crippen molar-refractivity contribution >= 4 is 40.6 Å². The first kappa shape index (κ1) is 15.8. The van der Waals surface area contributed by atoms with Crippen LogP contribution in [0.1, 0.15) is 21.7 Å². The van der Waals surface area contributed by atoms with Crippen LogP contribution in [0.4, 0.5) is 5.69 Å². The summed E-state index contributed by atoms with van der Waals surface area (Å²) in [5.74, 6) is -0.150. The van der Waals surface area contributed by atoms with Crippen molar-refractivity contribution in [2.24, 2.45) is 10.7 Å². The Morgan fingerprint density at radius 3 is 2.74 bits per heavy atom. The van der Waals surface area contributed by atoms with E-state index in [0.29, 0.717) is 15.8 Å². The van der Waals surface area contributed by atoms with Crippen molar-refractivity contribution < 1.29 is 9.53 Å². The van der Waals surface area contributed by atoms with E-state index >= 15 is 0 Å². The molecule has 1 atom stereocenters. The van der Waals surface area contributed by atoms with Crippen molar-refractivity contribution in [2.45, 2.75) is 18.9 Å². The van der Waals surface area contributed by atoms with Gasteiger partial charge in [-0.3, -0.25) is 4.79 Å². The number of hydrogen-bond acceptors (Lipinski definition) is 5. The summed E-state index contributed by atoms with van der Waals surface area (Å²) < 4.78 is 5.73. The van der Waals surface area contributed by atoms with Gasteiger partial charge in [-0.05, 0) is 42.7 Å². The van der Waals surface area contributed by atoms with Crippen LogP contribution >= 0.6 is 22.9 Å². The van der Waals surface area contributed by atoms with Gasteiger partial charge in [-0.1, -0.05) is 23.7 Å². The van der Waals surface area contributed by atoms with Crippen LogP contribution in [-0.2, 0) is 11.2 Å². The highest BCUT2D eigenvalue weighted by molar-refractivity contribution is 7.18. The Bertz CT molecular complexity index is 727. The number of ether oxygens (including phenoxy) is 1. The second-order valence-corrected chi connectivity index (χ2v) is 6.94. The molecule has 0 saturated carbocycles. The van der Waals surface area contributed by atoms with Crippen molar-refractivity contribution in [3.63, 3.8) is 0 Å². The van der Waals surface area contributed by atoms with E-state index in [1.165, 1.54) is 16.9 Å². The Hall–Kier alpha value is -2.05. The molecule has 1 aromatic carbocycles. The number of aryl methyl sites for hydroxylation is 1. The predicted octanol–water partition coefficient (Wildman–Crippen LogP) is 3.30. The zero-order chi connectivity index (χ0) is 16.2. The van der Waals surface area contributed by atoms with Crippen molar-refractivity contribution in [1.82, 2.24) is 0 Å². The van der Waals surface area contributed by atoms with Crippen LogP contribution in [0.25, 0.3) is 0 Å². The molecule has 1 aliphatic rings. The molecule has 120 valence electrons. The van der Waals surface area contributed by atoms with E-state index in [2.05, 4.69) is 10.3 Å². The van der Waals surface area contributed by atoms with Gasteiger partial charge >= 0.3 is 0 Å². The lowest BCUT2D eigenvalue weighted by molar-refractivity contribution is 0.103. The third-order valence-corrected chi connectivity index (χ3v) is 4.74. The summed E-state index contributed by atoms with van der Waals surface area (Å²) in [5, 5.41) is 2.86. The fourth-order valence-electron chi connectivity index (χ4n) is 2.30. The number of nitrogens with two attached hydrogens (primary N) is 1. The lowest BCUT2D eigenvalue weighted by atomic mass is 10.1. The number of nitrogens with one attached hydrogen (secondary N) is 1. The van der Waals surface area contributed by atoms with E-state index < -0.39 is 0 Å². The number of anilines is 1. The second-order valence-electron chi connectivity index (χ2n) is 5.23. The highest BCUT2D eigenvalue weighted by atomic mass is 35.5. The predicted molar refractivity (Wildman–Crippen MR) is 93.4 cm³/mol. The average Bonchev–Trinajstić information content (AvgIpc) is 3.15. The summed E-state index contributed by atoms with van der Waals surface area (Å²) in [6.45, 7) is 0.559. The molecule has 7 heteroatoms. The fraction of sp³-hybridized carbons (Fsp3) is 0.250. The van der Waals surface area contributed by atoms with Gasteiger partial charge in [0.15, 0.2) is 0 Å². The standard InChI is InChI=1S/C16H16ClN3O2S/c17-14-8-7-13(23-14)15(21)19-11-4-1-10(2-5-11)3-6-12-9-22-16(18)20-12/h1-2,4-5,7-8,12H,3,6,9H2,(H2,18,20)(H,19,21)/t12-/m0/s1. The van der Waals surface area contributed by atoms with Gasteiger partial charge < -0.3 is 15.8 Å². The summed E-state index contributed by atoms with van der Waals surface area (Å²) in [6, 6.07) is 11.6. The monoisotopic (exact) mass is 349 g/mol. The number of aliphatic imine (C=N–C) groups is 1. The van der Waals surface area contributed by atoms with E-state index in [1.807, 2.05) is 24.3 Å². The zero-order valence-corrected chi connectivity index (χ0v) is 13.9. The number of hydrogen-bond donors (Lipinski definition) is 2. The normalized spacial score (nSPS) is 16.7. The molecule has 2 aromatic rings. The number of benzene rings is 1. The molecule has 1 aromatic heterocycles. The lowest BCUT2D eigenvalue weighted by Crippen LogP contribution is -2.10. The van der Waals surface area contributed by atoms with Gasteiger partial charge in [-0.15, -0.1) is 11.3 Å². The van der Waals surface area contributed by atoms with Gasteiger partial charge in [0.1, 0.15) is 6.61 Å². The molecule has 5 nitrogen and oxygen atoms in total. The van der Waals surface area contributed by atoms with E-state index in [1.54, 1.807) is 12.1 Å². The van der Waals surface area contributed by atoms with Crippen molar-refractivity contribution in [1.29, 1.82) is 0 Å². The molecule has 0 saturated heterocycles. The lowest BCUT2D eigenvalue weighted by Gasteiger charge is -2.07. The summed E-state index contributed by atoms with van der Waals surface area (Å²) in [5.41, 5.74) is 7.43. The maximum atomic E-state index is 12.0. The molecule has 0 radical (unpaired) electrons. The minimum absolute atomic E-state index is 0.137. The molecule has 0 unspecified atom stereocenters. The first-order valence-corrected chi connectivity index (χ1v) is 8.41. The summed E-state index contributed by atoms with van der Waals surface area (Å²) >= 11 is 7.10. The van der Waals surface area contributed by atoms with E-state index in [0.717, 1.165) is 18.5 Å². The molecule has 2 heterocycles. The van der Waals surface area contributed by atoms with E-state index in [4.69, 9.17) is 22.1 Å². The Morgan fingerprint density at radius 2 is 2.13 bits per heavy atom. The quantitative estimate of drug-likeness (QED) is 0.869. The Kier molecular flexibility index (Phi) is 4.83. The van der Waals surface area contributed by atoms with Gasteiger partial charge in [0.2, 0.25) is 0 Å². The highest BCUT2D eigenvalue weighted by Gasteiger charge is 2.16. The van der Waals surface area contributed by atoms with Gasteiger partial charge in [0.25, 0.3) is 11.9 Å². The largest absolute Gasteiger partial charge is 0.463 e. The first-order valence-electron chi connectivity index (χ1n) is 7.22. The number of rotatable bonds is 5. The van der Waals surface area contributed by atoms with Gasteiger partial charge in [-0.2, -0.15) is 0 Å². The Morgan fingerprint density at radius 1 is 1.35 bits per heavy atom. The molecule has 3 N–H and O–H groups in total. The molecule has 23 heavy (non-hydrogen) atoms. The van der Waals surface area contributed by atoms with Crippen LogP contribution in [0, 0.1) is 0 Å². The number of amidine groups is 1. The van der Waals surface area contributed by atoms with Crippen LogP contribution in [-0.4, -0.2) is 24.6 Å². The zero-order valence-electron chi connectivity index (χ0n) is 12.3. The molecule has 1 amide bonds. The second kappa shape index (κ2) is 7.02. The van der Waals surface area contributed by atoms with Crippen LogP contribution in [0.3, 0.4) is 0 Å². The number of carbonyl (C=O) groups excluding carboxylic acids is 1. The van der Waals surface area contributed by atoms with Gasteiger partial charge in [0.05, 0.1) is 15.3 Å². The maximum absolute atomic E-state index is 12.0. The Labute approximate surface area is 143 Å². The third kappa shape index (κ3) is 4.24. The number of carbonyl (C=O) groups is 1. The molecule has 0 fully saturated rings. The molecular weight excluding hydrogens is 334 g/mol. The number of thiophene rings is 1. The van der Waals surface area contributed by atoms with Crippen LogP contribution in [0.2, 0.25) is 4.34 Å². The highest BCUT2D eigenvalue weighted by Crippen LogP contribution is 2.22. The van der Waals surface area contributed by atoms with Crippen LogP contribution in [0.15, 0.2) is 41.4 Å². The van der Waals surface area contributed by atoms with Crippen LogP contribution in [0.5, 0.6) is 0 Å². The van der Waals surface area contributed by atoms with Crippen molar-refractivity contribution in [3.05, 3.63) is 51.2 Å². The fourth-order valence-corrected chi connectivity index (χ4v) is 3.24. The minimum atomic E-state index is -0.150. The first-order chi connectivity index (χ1) is 11.1. The third-order valence-electron chi connectivity index (χ3n) is 3.51. The topological polar surface area (TPSA) is 76.7 Å². The number of amides is 1. The molecule has 1 aliphatic heterocycles. The van der Waals surface area contributed by atoms with E-state index in [9.17, 15) is 4.79 Å². The smallest absolute Gasteiger partial charge is 0.282 e. The average molecular weight is 350 g/mol. The molecular formula is C16H16ClN3O2S. The van der Waals surface area contributed by atoms with Crippen molar-refractivity contribution in [3.8, 4) is 0 Å². The summed E-state index contributed by atoms with van der Waals surface area (Å²) in [4.78, 5) is 16.8. The SMILES string of the molecule is NC1=N[C@@H](CCc2ccc(NC(=O)c3ccc(Cl)s3)cc2)CO1. The minimum Gasteiger partial charge on any atom is -0.463 e. The molecule has 0 aliphatic carbocycles. The number of halogens is 1. The Balaban J connectivity index is 1.53. The van der Waals surface area contributed by atoms with Crippen LogP contribution < -0.4 is 11.1 Å². The van der Waals surface area contributed by atoms with Gasteiger partial charge in [0, 0.05) is 5.69 Å².